The van der Waals surface area contributed by atoms with Gasteiger partial charge in [-0.05, 0) is 12.1 Å². The van der Waals surface area contributed by atoms with Crippen LogP contribution in [0.3, 0.4) is 0 Å². The van der Waals surface area contributed by atoms with E-state index >= 15 is 0 Å². The van der Waals surface area contributed by atoms with E-state index in [4.69, 9.17) is 5.26 Å². The third-order valence-electron chi connectivity index (χ3n) is 1.57. The minimum absolute atomic E-state index is 0.288. The Morgan fingerprint density at radius 3 is 2.33 bits per heavy atom. The minimum Gasteiger partial charge on any atom is -0.351 e. The third kappa shape index (κ3) is 3.35. The second kappa shape index (κ2) is 4.51. The average molecular weight is 212 g/mol. The molecule has 0 unspecified atom stereocenters. The van der Waals surface area contributed by atoms with Crippen LogP contribution in [0.15, 0.2) is 42.1 Å². The van der Waals surface area contributed by atoms with Crippen molar-refractivity contribution in [3.8, 4) is 6.07 Å². The van der Waals surface area contributed by atoms with E-state index in [0.717, 1.165) is 0 Å². The first-order valence-corrected chi connectivity index (χ1v) is 4.03. The van der Waals surface area contributed by atoms with Crippen LogP contribution in [0.2, 0.25) is 0 Å². The van der Waals surface area contributed by atoms with Crippen molar-refractivity contribution < 1.29 is 13.2 Å². The molecule has 15 heavy (non-hydrogen) atoms. The van der Waals surface area contributed by atoms with Gasteiger partial charge in [0.25, 0.3) is 0 Å². The van der Waals surface area contributed by atoms with Gasteiger partial charge in [-0.15, -0.1) is 0 Å². The highest BCUT2D eigenvalue weighted by Crippen LogP contribution is 2.26. The number of allylic oxidation sites excluding steroid dienone is 2. The lowest BCUT2D eigenvalue weighted by Crippen LogP contribution is -2.18. The number of halogens is 3. The van der Waals surface area contributed by atoms with E-state index < -0.39 is 11.9 Å². The van der Waals surface area contributed by atoms with Crippen molar-refractivity contribution >= 4 is 5.69 Å². The summed E-state index contributed by atoms with van der Waals surface area (Å²) in [5.74, 6) is 0. The average Bonchev–Trinajstić information content (AvgIpc) is 2.17. The molecule has 1 N–H and O–H groups in total. The van der Waals surface area contributed by atoms with Gasteiger partial charge >= 0.3 is 6.18 Å². The number of hydrogen-bond acceptors (Lipinski definition) is 2. The Labute approximate surface area is 84.6 Å². The van der Waals surface area contributed by atoms with Gasteiger partial charge in [0, 0.05) is 11.8 Å². The molecule has 1 aromatic carbocycles. The number of alkyl halides is 3. The van der Waals surface area contributed by atoms with Crippen LogP contribution in [0.1, 0.15) is 0 Å². The lowest BCUT2D eigenvalue weighted by Gasteiger charge is -2.12. The van der Waals surface area contributed by atoms with Crippen LogP contribution in [0, 0.1) is 11.3 Å². The van der Waals surface area contributed by atoms with Crippen LogP contribution in [0.25, 0.3) is 0 Å². The minimum atomic E-state index is -4.55. The number of nitriles is 1. The number of benzene rings is 1. The molecule has 0 aromatic heterocycles. The van der Waals surface area contributed by atoms with Crippen LogP contribution in [-0.4, -0.2) is 6.18 Å². The van der Waals surface area contributed by atoms with Crippen molar-refractivity contribution in [1.29, 1.82) is 5.26 Å². The molecule has 0 aliphatic heterocycles. The number of hydrogen-bond donors (Lipinski definition) is 1. The van der Waals surface area contributed by atoms with Gasteiger partial charge in [-0.3, -0.25) is 0 Å². The second-order valence-corrected chi connectivity index (χ2v) is 2.68. The van der Waals surface area contributed by atoms with E-state index in [-0.39, 0.29) is 5.69 Å². The van der Waals surface area contributed by atoms with E-state index in [9.17, 15) is 13.2 Å². The molecule has 0 radical (unpaired) electrons. The molecule has 1 rings (SSSR count). The largest absolute Gasteiger partial charge is 0.431 e. The Morgan fingerprint density at radius 1 is 1.27 bits per heavy atom. The van der Waals surface area contributed by atoms with Gasteiger partial charge in [-0.25, -0.2) is 0 Å². The van der Waals surface area contributed by atoms with Crippen molar-refractivity contribution in [3.05, 3.63) is 42.1 Å². The van der Waals surface area contributed by atoms with Gasteiger partial charge in [0.15, 0.2) is 0 Å². The number of rotatable bonds is 2. The fourth-order valence-corrected chi connectivity index (χ4v) is 0.930. The summed E-state index contributed by atoms with van der Waals surface area (Å²) in [5.41, 5.74) is -0.785. The van der Waals surface area contributed by atoms with E-state index in [2.05, 4.69) is 5.32 Å². The Morgan fingerprint density at radius 2 is 1.87 bits per heavy atom. The lowest BCUT2D eigenvalue weighted by atomic mass is 10.3. The third-order valence-corrected chi connectivity index (χ3v) is 1.57. The van der Waals surface area contributed by atoms with Gasteiger partial charge in [-0.1, -0.05) is 18.2 Å². The maximum Gasteiger partial charge on any atom is 0.431 e. The highest BCUT2D eigenvalue weighted by atomic mass is 19.4. The van der Waals surface area contributed by atoms with Gasteiger partial charge in [-0.2, -0.15) is 18.4 Å². The molecule has 0 heterocycles. The van der Waals surface area contributed by atoms with Crippen LogP contribution in [0.5, 0.6) is 0 Å². The van der Waals surface area contributed by atoms with Gasteiger partial charge in [0.1, 0.15) is 5.70 Å². The fourth-order valence-electron chi connectivity index (χ4n) is 0.930. The van der Waals surface area contributed by atoms with E-state index in [1.54, 1.807) is 18.2 Å². The molecule has 0 fully saturated rings. The predicted octanol–water partition coefficient (Wildman–Crippen LogP) is 3.07. The molecule has 0 saturated carbocycles. The normalized spacial score (nSPS) is 12.0. The number of nitrogens with one attached hydrogen (secondary N) is 1. The summed E-state index contributed by atoms with van der Waals surface area (Å²) < 4.78 is 36.9. The number of anilines is 1. The van der Waals surface area contributed by atoms with Crippen molar-refractivity contribution in [2.75, 3.05) is 5.32 Å². The summed E-state index contributed by atoms with van der Waals surface area (Å²) in [5, 5.41) is 10.3. The van der Waals surface area contributed by atoms with Crippen LogP contribution in [-0.2, 0) is 0 Å². The molecule has 0 bridgehead atoms. The summed E-state index contributed by atoms with van der Waals surface area (Å²) >= 11 is 0. The number of nitrogens with zero attached hydrogens (tertiary/aromatic N) is 1. The Kier molecular flexibility index (Phi) is 3.34. The van der Waals surface area contributed by atoms with Crippen LogP contribution >= 0.6 is 0 Å². The summed E-state index contributed by atoms with van der Waals surface area (Å²) in [6.07, 6.45) is -4.11. The first-order valence-electron chi connectivity index (χ1n) is 4.03. The highest BCUT2D eigenvalue weighted by Gasteiger charge is 2.33. The maximum atomic E-state index is 12.3. The summed E-state index contributed by atoms with van der Waals surface area (Å²) in [6.45, 7) is 0. The molecular formula is C10H7F3N2. The summed E-state index contributed by atoms with van der Waals surface area (Å²) in [6, 6.07) is 9.20. The zero-order valence-corrected chi connectivity index (χ0v) is 7.55. The predicted molar refractivity (Wildman–Crippen MR) is 49.8 cm³/mol. The molecule has 2 nitrogen and oxygen atoms in total. The molecule has 0 atom stereocenters. The summed E-state index contributed by atoms with van der Waals surface area (Å²) in [4.78, 5) is 0. The first kappa shape index (κ1) is 11.1. The Bertz CT molecular complexity index is 387. The molecule has 5 heteroatoms. The van der Waals surface area contributed by atoms with Gasteiger partial charge < -0.3 is 5.32 Å². The van der Waals surface area contributed by atoms with Gasteiger partial charge in [0.2, 0.25) is 0 Å². The monoisotopic (exact) mass is 212 g/mol. The smallest absolute Gasteiger partial charge is 0.351 e. The molecular weight excluding hydrogens is 205 g/mol. The highest BCUT2D eigenvalue weighted by molar-refractivity contribution is 5.49. The summed E-state index contributed by atoms with van der Waals surface area (Å²) in [7, 11) is 0. The molecule has 1 aromatic rings. The zero-order chi connectivity index (χ0) is 11.3. The van der Waals surface area contributed by atoms with Gasteiger partial charge in [0.05, 0.1) is 6.07 Å². The van der Waals surface area contributed by atoms with Crippen molar-refractivity contribution in [1.82, 2.24) is 0 Å². The molecule has 0 amide bonds. The topological polar surface area (TPSA) is 35.8 Å². The van der Waals surface area contributed by atoms with E-state index in [1.165, 1.54) is 18.2 Å². The van der Waals surface area contributed by atoms with Crippen LogP contribution in [0.4, 0.5) is 18.9 Å². The molecule has 78 valence electrons. The molecule has 0 saturated heterocycles. The Balaban J connectivity index is 2.88. The first-order chi connectivity index (χ1) is 7.04. The second-order valence-electron chi connectivity index (χ2n) is 2.68. The molecule has 0 spiro atoms. The van der Waals surface area contributed by atoms with Crippen LogP contribution < -0.4 is 5.32 Å². The standard InChI is InChI=1S/C10H7F3N2/c11-10(12,13)9(6-7-14)15-8-4-2-1-3-5-8/h1-6,15H/b9-6+. The van der Waals surface area contributed by atoms with Crippen molar-refractivity contribution in [2.45, 2.75) is 6.18 Å². The quantitative estimate of drug-likeness (QED) is 0.764. The molecule has 0 aliphatic rings. The number of para-hydroxylation sites is 1. The van der Waals surface area contributed by atoms with E-state index in [1.807, 2.05) is 0 Å². The fraction of sp³-hybridized carbons (Fsp3) is 0.100. The lowest BCUT2D eigenvalue weighted by molar-refractivity contribution is -0.0902. The van der Waals surface area contributed by atoms with Crippen molar-refractivity contribution in [2.24, 2.45) is 0 Å². The Hall–Kier alpha value is -1.96. The maximum absolute atomic E-state index is 12.3. The van der Waals surface area contributed by atoms with E-state index in [0.29, 0.717) is 6.08 Å². The van der Waals surface area contributed by atoms with Crippen molar-refractivity contribution in [3.63, 3.8) is 0 Å². The SMILES string of the molecule is N#C/C=C(/Nc1ccccc1)C(F)(F)F. The zero-order valence-electron chi connectivity index (χ0n) is 7.55. The molecule has 0 aliphatic carbocycles.